The topological polar surface area (TPSA) is 51.7 Å². The second kappa shape index (κ2) is 8.93. The second-order valence-corrected chi connectivity index (χ2v) is 10.9. The maximum atomic E-state index is 13.1. The zero-order chi connectivity index (χ0) is 22.1. The molecule has 0 radical (unpaired) electrons. The number of nitrogens with zero attached hydrogens (tertiary/aromatic N) is 2. The van der Waals surface area contributed by atoms with Crippen LogP contribution in [-0.2, 0) is 14.3 Å². The zero-order valence-electron chi connectivity index (χ0n) is 19.5. The number of anilines is 1. The zero-order valence-corrected chi connectivity index (χ0v) is 21.1. The average molecular weight is 469 g/mol. The summed E-state index contributed by atoms with van der Waals surface area (Å²) in [6.07, 6.45) is 1.16. The number of rotatable bonds is 5. The van der Waals surface area contributed by atoms with Gasteiger partial charge in [-0.3, -0.25) is 4.98 Å². The largest absolute Gasteiger partial charge is 0.461 e. The lowest BCUT2D eigenvalue weighted by Crippen LogP contribution is -2.39. The third-order valence-electron chi connectivity index (χ3n) is 5.24. The molecule has 1 aromatic heterocycles. The van der Waals surface area contributed by atoms with Crippen LogP contribution in [0.4, 0.5) is 5.69 Å². The number of carbonyl (C=O) groups is 1. The Balaban J connectivity index is 2.60. The third kappa shape index (κ3) is 6.17. The van der Waals surface area contributed by atoms with Crippen LogP contribution in [0, 0.1) is 19.3 Å². The van der Waals surface area contributed by atoms with E-state index in [4.69, 9.17) is 14.5 Å². The van der Waals surface area contributed by atoms with Crippen LogP contribution >= 0.6 is 15.9 Å². The van der Waals surface area contributed by atoms with Crippen molar-refractivity contribution in [2.24, 2.45) is 5.41 Å². The van der Waals surface area contributed by atoms with Gasteiger partial charge in [0.05, 0.1) is 27.6 Å². The average Bonchev–Trinajstić information content (AvgIpc) is 2.55. The van der Waals surface area contributed by atoms with Gasteiger partial charge in [0.2, 0.25) is 0 Å². The molecule has 2 heterocycles. The van der Waals surface area contributed by atoms with Crippen LogP contribution in [0.1, 0.15) is 84.4 Å². The summed E-state index contributed by atoms with van der Waals surface area (Å²) in [7, 11) is 0. The number of aromatic nitrogens is 1. The van der Waals surface area contributed by atoms with Crippen LogP contribution in [-0.4, -0.2) is 35.7 Å². The molecule has 1 fully saturated rings. The van der Waals surface area contributed by atoms with E-state index in [9.17, 15) is 4.79 Å². The fourth-order valence-electron chi connectivity index (χ4n) is 3.65. The minimum atomic E-state index is -0.827. The number of carbonyl (C=O) groups excluding carboxylic acids is 1. The summed E-state index contributed by atoms with van der Waals surface area (Å²) in [4.78, 5) is 20.2. The molecule has 6 heteroatoms. The van der Waals surface area contributed by atoms with Crippen molar-refractivity contribution < 1.29 is 14.3 Å². The molecule has 1 aliphatic rings. The molecule has 1 aromatic rings. The van der Waals surface area contributed by atoms with Crippen molar-refractivity contribution in [3.05, 3.63) is 21.4 Å². The Morgan fingerprint density at radius 3 is 2.17 bits per heavy atom. The molecule has 0 saturated carbocycles. The van der Waals surface area contributed by atoms with Gasteiger partial charge < -0.3 is 14.4 Å². The van der Waals surface area contributed by atoms with Crippen molar-refractivity contribution in [2.75, 3.05) is 18.0 Å². The number of ether oxygens (including phenoxy) is 2. The van der Waals surface area contributed by atoms with Crippen LogP contribution in [0.25, 0.3) is 0 Å². The quantitative estimate of drug-likeness (QED) is 0.503. The molecule has 0 aromatic carbocycles. The van der Waals surface area contributed by atoms with E-state index in [0.717, 1.165) is 53.0 Å². The lowest BCUT2D eigenvalue weighted by Gasteiger charge is -2.40. The van der Waals surface area contributed by atoms with Gasteiger partial charge in [-0.15, -0.1) is 0 Å². The fraction of sp³-hybridized carbons (Fsp3) is 0.739. The van der Waals surface area contributed by atoms with E-state index < -0.39 is 11.7 Å². The first-order valence-corrected chi connectivity index (χ1v) is 11.3. The first-order chi connectivity index (χ1) is 13.2. The number of hydrogen-bond acceptors (Lipinski definition) is 5. The predicted molar refractivity (Wildman–Crippen MR) is 121 cm³/mol. The van der Waals surface area contributed by atoms with Gasteiger partial charge in [-0.05, 0) is 82.7 Å². The maximum absolute atomic E-state index is 13.1. The number of pyridine rings is 1. The number of halogens is 1. The van der Waals surface area contributed by atoms with Crippen LogP contribution in [0.2, 0.25) is 0 Å². The Hall–Kier alpha value is -1.14. The highest BCUT2D eigenvalue weighted by Gasteiger charge is 2.37. The van der Waals surface area contributed by atoms with E-state index >= 15 is 0 Å². The van der Waals surface area contributed by atoms with E-state index in [0.29, 0.717) is 5.41 Å². The SMILES string of the molecule is Cc1nc(C)c(C(OC(C)(C)C)C(=O)OC(C)C)c(N2CCC(C)(C)CC2)c1Br. The van der Waals surface area contributed by atoms with Crippen LogP contribution in [0.15, 0.2) is 4.47 Å². The molecule has 5 nitrogen and oxygen atoms in total. The Morgan fingerprint density at radius 1 is 1.14 bits per heavy atom. The molecular formula is C23H37BrN2O3. The van der Waals surface area contributed by atoms with Crippen LogP contribution < -0.4 is 4.90 Å². The molecule has 164 valence electrons. The standard InChI is InChI=1S/C23H37BrN2O3/c1-14(2)28-21(27)20(29-22(5,6)7)17-15(3)25-16(4)18(24)19(17)26-12-10-23(8,9)11-13-26/h14,20H,10-13H2,1-9H3. The highest BCUT2D eigenvalue weighted by atomic mass is 79.9. The molecule has 0 N–H and O–H groups in total. The van der Waals surface area contributed by atoms with Crippen molar-refractivity contribution in [1.82, 2.24) is 4.98 Å². The van der Waals surface area contributed by atoms with Crippen LogP contribution in [0.3, 0.4) is 0 Å². The van der Waals surface area contributed by atoms with Crippen LogP contribution in [0.5, 0.6) is 0 Å². The molecule has 1 unspecified atom stereocenters. The van der Waals surface area contributed by atoms with Crippen molar-refractivity contribution in [1.29, 1.82) is 0 Å². The fourth-order valence-corrected chi connectivity index (χ4v) is 4.21. The predicted octanol–water partition coefficient (Wildman–Crippen LogP) is 5.90. The van der Waals surface area contributed by atoms with Crippen molar-refractivity contribution in [3.8, 4) is 0 Å². The number of piperidine rings is 1. The van der Waals surface area contributed by atoms with E-state index in [2.05, 4.69) is 34.7 Å². The first-order valence-electron chi connectivity index (χ1n) is 10.5. The van der Waals surface area contributed by atoms with Gasteiger partial charge in [0, 0.05) is 24.3 Å². The number of aryl methyl sites for hydroxylation is 2. The molecule has 29 heavy (non-hydrogen) atoms. The molecule has 0 aliphatic carbocycles. The third-order valence-corrected chi connectivity index (χ3v) is 6.19. The summed E-state index contributed by atoms with van der Waals surface area (Å²) < 4.78 is 12.8. The van der Waals surface area contributed by atoms with E-state index in [-0.39, 0.29) is 12.1 Å². The second-order valence-electron chi connectivity index (χ2n) is 10.1. The maximum Gasteiger partial charge on any atom is 0.340 e. The highest BCUT2D eigenvalue weighted by Crippen LogP contribution is 2.43. The van der Waals surface area contributed by atoms with E-state index in [1.165, 1.54) is 0 Å². The summed E-state index contributed by atoms with van der Waals surface area (Å²) in [5.41, 5.74) is 3.37. The summed E-state index contributed by atoms with van der Waals surface area (Å²) >= 11 is 3.77. The smallest absolute Gasteiger partial charge is 0.340 e. The minimum absolute atomic E-state index is 0.213. The highest BCUT2D eigenvalue weighted by molar-refractivity contribution is 9.10. The lowest BCUT2D eigenvalue weighted by molar-refractivity contribution is -0.171. The summed E-state index contributed by atoms with van der Waals surface area (Å²) in [5.74, 6) is -0.367. The Bertz CT molecular complexity index is 743. The molecule has 0 bridgehead atoms. The molecule has 1 saturated heterocycles. The van der Waals surface area contributed by atoms with Gasteiger partial charge in [-0.25, -0.2) is 4.79 Å². The number of hydrogen-bond donors (Lipinski definition) is 0. The Kier molecular flexibility index (Phi) is 7.43. The van der Waals surface area contributed by atoms with Crippen molar-refractivity contribution in [2.45, 2.75) is 93.0 Å². The molecule has 0 amide bonds. The Labute approximate surface area is 184 Å². The molecule has 2 rings (SSSR count). The monoisotopic (exact) mass is 468 g/mol. The van der Waals surface area contributed by atoms with Gasteiger partial charge in [0.15, 0.2) is 6.10 Å². The summed E-state index contributed by atoms with van der Waals surface area (Å²) in [6, 6.07) is 0. The van der Waals surface area contributed by atoms with Gasteiger partial charge in [-0.2, -0.15) is 0 Å². The van der Waals surface area contributed by atoms with E-state index in [1.807, 2.05) is 48.5 Å². The summed E-state index contributed by atoms with van der Waals surface area (Å²) in [5, 5.41) is 0. The molecule has 1 atom stereocenters. The summed E-state index contributed by atoms with van der Waals surface area (Å²) in [6.45, 7) is 20.0. The molecule has 0 spiro atoms. The van der Waals surface area contributed by atoms with Crippen molar-refractivity contribution >= 4 is 27.6 Å². The normalized spacial score (nSPS) is 18.1. The Morgan fingerprint density at radius 2 is 1.69 bits per heavy atom. The first kappa shape index (κ1) is 24.1. The van der Waals surface area contributed by atoms with Gasteiger partial charge in [0.25, 0.3) is 0 Å². The van der Waals surface area contributed by atoms with E-state index in [1.54, 1.807) is 0 Å². The molecule has 1 aliphatic heterocycles. The van der Waals surface area contributed by atoms with Gasteiger partial charge >= 0.3 is 5.97 Å². The van der Waals surface area contributed by atoms with Crippen molar-refractivity contribution in [3.63, 3.8) is 0 Å². The minimum Gasteiger partial charge on any atom is -0.461 e. The molecular weight excluding hydrogens is 432 g/mol. The number of esters is 1. The van der Waals surface area contributed by atoms with Gasteiger partial charge in [-0.1, -0.05) is 13.8 Å². The lowest BCUT2D eigenvalue weighted by atomic mass is 9.82. The van der Waals surface area contributed by atoms with Gasteiger partial charge in [0.1, 0.15) is 0 Å².